The van der Waals surface area contributed by atoms with Crippen LogP contribution in [-0.2, 0) is 20.9 Å². The highest BCUT2D eigenvalue weighted by atomic mass is 16.5. The molecule has 3 rings (SSSR count). The van der Waals surface area contributed by atoms with E-state index in [0.29, 0.717) is 31.9 Å². The van der Waals surface area contributed by atoms with Gasteiger partial charge in [-0.1, -0.05) is 30.3 Å². The smallest absolute Gasteiger partial charge is 0.225 e. The number of amides is 2. The molecule has 0 aromatic heterocycles. The molecule has 1 N–H and O–H groups in total. The molecule has 6 nitrogen and oxygen atoms in total. The zero-order valence-electron chi connectivity index (χ0n) is 18.5. The predicted octanol–water partition coefficient (Wildman–Crippen LogP) is 2.68. The molecule has 2 fully saturated rings. The second-order valence-corrected chi connectivity index (χ2v) is 8.75. The summed E-state index contributed by atoms with van der Waals surface area (Å²) in [4.78, 5) is 29.3. The quantitative estimate of drug-likeness (QED) is 0.674. The third-order valence-corrected chi connectivity index (χ3v) is 6.74. The lowest BCUT2D eigenvalue weighted by Crippen LogP contribution is -2.52. The van der Waals surface area contributed by atoms with Crippen LogP contribution in [0.25, 0.3) is 0 Å². The zero-order valence-corrected chi connectivity index (χ0v) is 18.5. The molecule has 1 aromatic carbocycles. The van der Waals surface area contributed by atoms with Crippen LogP contribution in [0.1, 0.15) is 44.6 Å². The van der Waals surface area contributed by atoms with E-state index < -0.39 is 0 Å². The van der Waals surface area contributed by atoms with E-state index in [2.05, 4.69) is 40.5 Å². The van der Waals surface area contributed by atoms with Gasteiger partial charge in [-0.25, -0.2) is 0 Å². The van der Waals surface area contributed by atoms with Gasteiger partial charge in [0.1, 0.15) is 0 Å². The van der Waals surface area contributed by atoms with Gasteiger partial charge in [-0.05, 0) is 57.2 Å². The van der Waals surface area contributed by atoms with Crippen LogP contribution in [0, 0.1) is 11.8 Å². The van der Waals surface area contributed by atoms with Crippen LogP contribution in [0.5, 0.6) is 0 Å². The van der Waals surface area contributed by atoms with Crippen molar-refractivity contribution in [3.63, 3.8) is 0 Å². The second-order valence-electron chi connectivity index (χ2n) is 8.75. The predicted molar refractivity (Wildman–Crippen MR) is 118 cm³/mol. The van der Waals surface area contributed by atoms with Gasteiger partial charge in [0.25, 0.3) is 0 Å². The van der Waals surface area contributed by atoms with Crippen molar-refractivity contribution in [3.05, 3.63) is 35.9 Å². The van der Waals surface area contributed by atoms with Crippen molar-refractivity contribution in [1.82, 2.24) is 15.1 Å². The van der Waals surface area contributed by atoms with E-state index in [-0.39, 0.29) is 23.8 Å². The molecule has 166 valence electrons. The van der Waals surface area contributed by atoms with Gasteiger partial charge >= 0.3 is 0 Å². The summed E-state index contributed by atoms with van der Waals surface area (Å²) in [5.41, 5.74) is 1.38. The molecule has 0 spiro atoms. The highest BCUT2D eigenvalue weighted by Gasteiger charge is 2.36. The van der Waals surface area contributed by atoms with Crippen molar-refractivity contribution in [1.29, 1.82) is 0 Å². The van der Waals surface area contributed by atoms with Crippen molar-refractivity contribution in [2.75, 3.05) is 39.9 Å². The summed E-state index contributed by atoms with van der Waals surface area (Å²) < 4.78 is 5.11. The van der Waals surface area contributed by atoms with E-state index in [1.54, 1.807) is 12.0 Å². The average molecular weight is 416 g/mol. The molecule has 1 aromatic rings. The highest BCUT2D eigenvalue weighted by molar-refractivity contribution is 5.84. The van der Waals surface area contributed by atoms with E-state index in [0.717, 1.165) is 32.6 Å². The van der Waals surface area contributed by atoms with Gasteiger partial charge in [0, 0.05) is 39.2 Å². The molecule has 2 aliphatic heterocycles. The third kappa shape index (κ3) is 6.29. The number of hydrogen-bond donors (Lipinski definition) is 1. The van der Waals surface area contributed by atoms with Crippen LogP contribution in [-0.4, -0.2) is 67.6 Å². The van der Waals surface area contributed by atoms with Crippen molar-refractivity contribution in [2.45, 2.75) is 51.6 Å². The largest absolute Gasteiger partial charge is 0.383 e. The van der Waals surface area contributed by atoms with Gasteiger partial charge < -0.3 is 15.0 Å². The van der Waals surface area contributed by atoms with E-state index in [1.165, 1.54) is 18.4 Å². The molecule has 2 aliphatic rings. The maximum atomic E-state index is 12.7. The van der Waals surface area contributed by atoms with Crippen molar-refractivity contribution < 1.29 is 14.3 Å². The fraction of sp³-hybridized carbons (Fsp3) is 0.667. The summed E-state index contributed by atoms with van der Waals surface area (Å²) in [6, 6.07) is 10.6. The van der Waals surface area contributed by atoms with E-state index >= 15 is 0 Å². The van der Waals surface area contributed by atoms with Crippen molar-refractivity contribution in [2.24, 2.45) is 11.8 Å². The highest BCUT2D eigenvalue weighted by Crippen LogP contribution is 2.25. The van der Waals surface area contributed by atoms with E-state index in [4.69, 9.17) is 4.74 Å². The van der Waals surface area contributed by atoms with Gasteiger partial charge in [0.05, 0.1) is 12.5 Å². The Morgan fingerprint density at radius 3 is 2.60 bits per heavy atom. The lowest BCUT2D eigenvalue weighted by molar-refractivity contribution is -0.143. The summed E-state index contributed by atoms with van der Waals surface area (Å²) in [7, 11) is 1.63. The number of carbonyl (C=O) groups excluding carboxylic acids is 2. The van der Waals surface area contributed by atoms with Crippen LogP contribution in [0.2, 0.25) is 0 Å². The number of hydrogen-bond acceptors (Lipinski definition) is 4. The Kier molecular flexibility index (Phi) is 8.70. The summed E-state index contributed by atoms with van der Waals surface area (Å²) >= 11 is 0. The van der Waals surface area contributed by atoms with Gasteiger partial charge in [0.2, 0.25) is 11.8 Å². The molecular weight excluding hydrogens is 378 g/mol. The summed E-state index contributed by atoms with van der Waals surface area (Å²) in [5.74, 6) is 0.790. The number of ether oxygens (including phenoxy) is 1. The van der Waals surface area contributed by atoms with Crippen molar-refractivity contribution in [3.8, 4) is 0 Å². The monoisotopic (exact) mass is 415 g/mol. The number of methoxy groups -OCH3 is 1. The molecule has 0 bridgehead atoms. The number of nitrogens with zero attached hydrogens (tertiary/aromatic N) is 2. The Hall–Kier alpha value is -1.92. The molecule has 2 heterocycles. The maximum absolute atomic E-state index is 12.7. The Bertz CT molecular complexity index is 674. The minimum Gasteiger partial charge on any atom is -0.383 e. The number of carbonyl (C=O) groups is 2. The van der Waals surface area contributed by atoms with E-state index in [1.807, 2.05) is 6.92 Å². The topological polar surface area (TPSA) is 61.9 Å². The molecule has 6 heteroatoms. The first-order valence-electron chi connectivity index (χ1n) is 11.4. The van der Waals surface area contributed by atoms with Crippen LogP contribution >= 0.6 is 0 Å². The number of piperidine rings is 2. The van der Waals surface area contributed by atoms with Gasteiger partial charge in [0.15, 0.2) is 0 Å². The van der Waals surface area contributed by atoms with Crippen molar-refractivity contribution >= 4 is 11.8 Å². The normalized spacial score (nSPS) is 23.5. The Morgan fingerprint density at radius 1 is 1.17 bits per heavy atom. The molecule has 2 unspecified atom stereocenters. The Labute approximate surface area is 180 Å². The molecule has 2 saturated heterocycles. The molecule has 0 aliphatic carbocycles. The van der Waals surface area contributed by atoms with Crippen LogP contribution in [0.15, 0.2) is 30.3 Å². The second kappa shape index (κ2) is 11.5. The lowest BCUT2D eigenvalue weighted by Gasteiger charge is -2.38. The molecule has 0 radical (unpaired) electrons. The first kappa shape index (κ1) is 22.8. The average Bonchev–Trinajstić information content (AvgIpc) is 2.75. The fourth-order valence-electron chi connectivity index (χ4n) is 4.78. The third-order valence-electron chi connectivity index (χ3n) is 6.74. The van der Waals surface area contributed by atoms with Crippen LogP contribution in [0.3, 0.4) is 0 Å². The van der Waals surface area contributed by atoms with Gasteiger partial charge in [-0.3, -0.25) is 14.5 Å². The number of benzene rings is 1. The summed E-state index contributed by atoms with van der Waals surface area (Å²) in [6.45, 7) is 7.07. The van der Waals surface area contributed by atoms with Gasteiger partial charge in [-0.2, -0.15) is 0 Å². The first-order valence-corrected chi connectivity index (χ1v) is 11.4. The lowest BCUT2D eigenvalue weighted by atomic mass is 9.88. The molecular formula is C24H37N3O3. The summed E-state index contributed by atoms with van der Waals surface area (Å²) in [5, 5.41) is 3.15. The summed E-state index contributed by atoms with van der Waals surface area (Å²) in [6.07, 6.45) is 4.53. The Balaban J connectivity index is 1.36. The maximum Gasteiger partial charge on any atom is 0.225 e. The molecule has 2 amide bonds. The van der Waals surface area contributed by atoms with Gasteiger partial charge in [-0.15, -0.1) is 0 Å². The fourth-order valence-corrected chi connectivity index (χ4v) is 4.78. The minimum atomic E-state index is -0.118. The molecule has 2 atom stereocenters. The SMILES string of the molecule is COCCN1C(=O)CCC(C(=O)NCCC2CCN(Cc3ccccc3)CC2)C1C. The molecule has 30 heavy (non-hydrogen) atoms. The number of rotatable bonds is 9. The zero-order chi connectivity index (χ0) is 21.3. The number of likely N-dealkylation sites (tertiary alicyclic amines) is 2. The van der Waals surface area contributed by atoms with Crippen LogP contribution in [0.4, 0.5) is 0 Å². The number of nitrogens with one attached hydrogen (secondary N) is 1. The van der Waals surface area contributed by atoms with E-state index in [9.17, 15) is 9.59 Å². The standard InChI is InChI=1S/C24H37N3O3/c1-19-22(8-9-23(28)27(19)16-17-30-2)24(29)25-13-10-20-11-14-26(15-12-20)18-21-6-4-3-5-7-21/h3-7,19-20,22H,8-18H2,1-2H3,(H,25,29). The minimum absolute atomic E-state index is 0.0670. The van der Waals surface area contributed by atoms with Crippen LogP contribution < -0.4 is 5.32 Å². The Morgan fingerprint density at radius 2 is 1.90 bits per heavy atom. The first-order chi connectivity index (χ1) is 14.6. The molecule has 0 saturated carbocycles.